The average Bonchev–Trinajstić information content (AvgIpc) is 3.45. The molecule has 11 heteroatoms. The monoisotopic (exact) mass is 518 g/mol. The van der Waals surface area contributed by atoms with Crippen LogP contribution < -0.4 is 15.4 Å². The van der Waals surface area contributed by atoms with E-state index in [1.54, 1.807) is 10.6 Å². The molecule has 3 aromatic rings. The van der Waals surface area contributed by atoms with Crippen LogP contribution in [0.2, 0.25) is 10.0 Å². The molecule has 4 heterocycles. The molecule has 1 atom stereocenters. The molecule has 2 aliphatic rings. The van der Waals surface area contributed by atoms with Crippen molar-refractivity contribution in [1.82, 2.24) is 24.8 Å². The van der Waals surface area contributed by atoms with E-state index in [0.717, 1.165) is 32.1 Å². The molecular formula is C24H28Cl2N6O3. The van der Waals surface area contributed by atoms with Crippen LogP contribution in [-0.2, 0) is 11.8 Å². The van der Waals surface area contributed by atoms with Crippen molar-refractivity contribution in [1.29, 1.82) is 0 Å². The number of amides is 1. The highest BCUT2D eigenvalue weighted by molar-refractivity contribution is 6.39. The minimum Gasteiger partial charge on any atom is -0.471 e. The number of fused-ring (bicyclic) bond motifs is 1. The highest BCUT2D eigenvalue weighted by atomic mass is 35.5. The Kier molecular flexibility index (Phi) is 7.00. The van der Waals surface area contributed by atoms with Crippen molar-refractivity contribution in [3.05, 3.63) is 34.1 Å². The Balaban J connectivity index is 1.48. The Bertz CT molecular complexity index is 1220. The van der Waals surface area contributed by atoms with Gasteiger partial charge in [-0.2, -0.15) is 4.98 Å². The van der Waals surface area contributed by atoms with E-state index in [2.05, 4.69) is 27.5 Å². The molecule has 2 N–H and O–H groups in total. The number of hydrogen-bond acceptors (Lipinski definition) is 7. The minimum absolute atomic E-state index is 0.147. The molecule has 5 rings (SSSR count). The molecule has 1 saturated carbocycles. The molecule has 9 nitrogen and oxygen atoms in total. The summed E-state index contributed by atoms with van der Waals surface area (Å²) in [6.45, 7) is 3.35. The molecule has 3 aromatic heterocycles. The first-order valence-corrected chi connectivity index (χ1v) is 12.6. The Morgan fingerprint density at radius 2 is 1.89 bits per heavy atom. The van der Waals surface area contributed by atoms with Gasteiger partial charge in [0.15, 0.2) is 5.65 Å². The molecule has 2 fully saturated rings. The number of halogens is 2. The van der Waals surface area contributed by atoms with Crippen LogP contribution in [0.5, 0.6) is 5.88 Å². The van der Waals surface area contributed by atoms with E-state index >= 15 is 0 Å². The van der Waals surface area contributed by atoms with Crippen LogP contribution in [-0.4, -0.2) is 50.8 Å². The van der Waals surface area contributed by atoms with Crippen molar-refractivity contribution in [2.24, 2.45) is 13.0 Å². The molecular weight excluding hydrogens is 491 g/mol. The van der Waals surface area contributed by atoms with Crippen LogP contribution in [0.25, 0.3) is 11.2 Å². The number of ether oxygens (including phenoxy) is 2. The van der Waals surface area contributed by atoms with E-state index in [1.807, 2.05) is 7.05 Å². The maximum atomic E-state index is 13.4. The number of pyridine rings is 2. The van der Waals surface area contributed by atoms with Crippen molar-refractivity contribution in [3.8, 4) is 5.88 Å². The number of carbonyl (C=O) groups is 1. The van der Waals surface area contributed by atoms with E-state index in [9.17, 15) is 4.79 Å². The van der Waals surface area contributed by atoms with Crippen LogP contribution >= 0.6 is 23.2 Å². The van der Waals surface area contributed by atoms with Crippen molar-refractivity contribution < 1.29 is 14.3 Å². The summed E-state index contributed by atoms with van der Waals surface area (Å²) in [5.41, 5.74) is 1.97. The number of hydrogen-bond donors (Lipinski definition) is 2. The average molecular weight is 519 g/mol. The second-order valence-corrected chi connectivity index (χ2v) is 10.1. The summed E-state index contributed by atoms with van der Waals surface area (Å²) in [5.74, 6) is 1.25. The predicted molar refractivity (Wildman–Crippen MR) is 135 cm³/mol. The molecule has 1 amide bonds. The van der Waals surface area contributed by atoms with Gasteiger partial charge in [0.25, 0.3) is 5.91 Å². The fourth-order valence-corrected chi connectivity index (χ4v) is 4.99. The summed E-state index contributed by atoms with van der Waals surface area (Å²) in [7, 11) is 1.82. The van der Waals surface area contributed by atoms with Crippen LogP contribution in [0.4, 0.5) is 11.6 Å². The number of nitrogens with one attached hydrogen (secondary N) is 2. The molecule has 186 valence electrons. The van der Waals surface area contributed by atoms with Crippen molar-refractivity contribution in [2.75, 3.05) is 18.5 Å². The second kappa shape index (κ2) is 10.2. The molecule has 0 aromatic carbocycles. The van der Waals surface area contributed by atoms with Crippen molar-refractivity contribution in [3.63, 3.8) is 0 Å². The zero-order valence-corrected chi connectivity index (χ0v) is 21.2. The Morgan fingerprint density at radius 1 is 1.14 bits per heavy atom. The van der Waals surface area contributed by atoms with Gasteiger partial charge in [-0.25, -0.2) is 4.98 Å². The van der Waals surface area contributed by atoms with E-state index in [0.29, 0.717) is 57.5 Å². The summed E-state index contributed by atoms with van der Waals surface area (Å²) in [4.78, 5) is 26.7. The number of anilines is 2. The third kappa shape index (κ3) is 5.17. The van der Waals surface area contributed by atoms with Gasteiger partial charge in [0.05, 0.1) is 28.9 Å². The first-order valence-electron chi connectivity index (χ1n) is 11.9. The van der Waals surface area contributed by atoms with Gasteiger partial charge in [-0.1, -0.05) is 30.1 Å². The van der Waals surface area contributed by atoms with Gasteiger partial charge in [-0.3, -0.25) is 14.3 Å². The highest BCUT2D eigenvalue weighted by Crippen LogP contribution is 2.33. The van der Waals surface area contributed by atoms with Gasteiger partial charge < -0.3 is 20.1 Å². The predicted octanol–water partition coefficient (Wildman–Crippen LogP) is 4.89. The first kappa shape index (κ1) is 24.1. The highest BCUT2D eigenvalue weighted by Gasteiger charge is 2.27. The summed E-state index contributed by atoms with van der Waals surface area (Å²) in [6.07, 6.45) is 7.77. The number of rotatable bonds is 6. The molecule has 1 aliphatic carbocycles. The number of aromatic nitrogens is 4. The largest absolute Gasteiger partial charge is 0.471 e. The van der Waals surface area contributed by atoms with Crippen molar-refractivity contribution in [2.45, 2.75) is 51.2 Å². The minimum atomic E-state index is -0.201. The summed E-state index contributed by atoms with van der Waals surface area (Å²) < 4.78 is 13.4. The lowest BCUT2D eigenvalue weighted by molar-refractivity contribution is 0.0910. The Hall–Kier alpha value is -2.62. The zero-order chi connectivity index (χ0) is 24.5. The Labute approximate surface area is 213 Å². The van der Waals surface area contributed by atoms with Crippen LogP contribution in [0.15, 0.2) is 18.5 Å². The van der Waals surface area contributed by atoms with E-state index in [4.69, 9.17) is 37.7 Å². The van der Waals surface area contributed by atoms with Gasteiger partial charge >= 0.3 is 0 Å². The maximum Gasteiger partial charge on any atom is 0.257 e. The van der Waals surface area contributed by atoms with Gasteiger partial charge in [0.2, 0.25) is 11.8 Å². The molecule has 0 radical (unpaired) electrons. The quantitative estimate of drug-likeness (QED) is 0.478. The van der Waals surface area contributed by atoms with Gasteiger partial charge in [-0.15, -0.1) is 0 Å². The number of carbonyl (C=O) groups excluding carboxylic acids is 1. The number of aryl methyl sites for hydroxylation is 1. The standard InChI is InChI=1S/C24H28Cl2N6O3/c1-13-3-5-14(6-4-13)28-22(33)16-9-19-21(31-23(16)35-15-7-8-34-12-15)32(2)24(29-19)30-20-17(25)10-27-11-18(20)26/h9-11,13-15H,3-8,12H2,1-2H3,(H,28,33)(H,27,29,30). The Morgan fingerprint density at radius 3 is 2.57 bits per heavy atom. The molecule has 1 aliphatic heterocycles. The van der Waals surface area contributed by atoms with Gasteiger partial charge in [0.1, 0.15) is 17.2 Å². The molecule has 35 heavy (non-hydrogen) atoms. The zero-order valence-electron chi connectivity index (χ0n) is 19.7. The van der Waals surface area contributed by atoms with Gasteiger partial charge in [-0.05, 0) is 37.7 Å². The van der Waals surface area contributed by atoms with E-state index < -0.39 is 0 Å². The molecule has 1 unspecified atom stereocenters. The van der Waals surface area contributed by atoms with E-state index in [-0.39, 0.29) is 23.9 Å². The topological polar surface area (TPSA) is 103 Å². The fourth-order valence-electron chi connectivity index (χ4n) is 4.53. The van der Waals surface area contributed by atoms with Crippen LogP contribution in [0, 0.1) is 5.92 Å². The SMILES string of the molecule is CC1CCC(NC(=O)c2cc3nc(Nc4c(Cl)cncc4Cl)n(C)c3nc2OC2CCOC2)CC1. The fraction of sp³-hybridized carbons (Fsp3) is 0.500. The lowest BCUT2D eigenvalue weighted by atomic mass is 9.87. The number of nitrogens with zero attached hydrogens (tertiary/aromatic N) is 4. The number of imidazole rings is 1. The lowest BCUT2D eigenvalue weighted by Gasteiger charge is -2.27. The van der Waals surface area contributed by atoms with Crippen LogP contribution in [0.1, 0.15) is 49.4 Å². The van der Waals surface area contributed by atoms with E-state index in [1.165, 1.54) is 12.4 Å². The summed E-state index contributed by atoms with van der Waals surface area (Å²) >= 11 is 12.5. The molecule has 0 spiro atoms. The van der Waals surface area contributed by atoms with Gasteiger partial charge in [0, 0.05) is 31.9 Å². The maximum absolute atomic E-state index is 13.4. The third-order valence-electron chi connectivity index (χ3n) is 6.66. The summed E-state index contributed by atoms with van der Waals surface area (Å²) in [5, 5.41) is 7.07. The smallest absolute Gasteiger partial charge is 0.257 e. The molecule has 1 saturated heterocycles. The normalized spacial score (nSPS) is 22.3. The second-order valence-electron chi connectivity index (χ2n) is 9.32. The van der Waals surface area contributed by atoms with Crippen LogP contribution in [0.3, 0.4) is 0 Å². The molecule has 0 bridgehead atoms. The lowest BCUT2D eigenvalue weighted by Crippen LogP contribution is -2.37. The first-order chi connectivity index (χ1) is 16.9. The summed E-state index contributed by atoms with van der Waals surface area (Å²) in [6, 6.07) is 1.88. The third-order valence-corrected chi connectivity index (χ3v) is 7.24. The van der Waals surface area contributed by atoms with Crippen molar-refractivity contribution >= 4 is 51.9 Å².